The number of hydrogen-bond acceptors (Lipinski definition) is 0. The van der Waals surface area contributed by atoms with Crippen molar-refractivity contribution in [3.05, 3.63) is 78.4 Å². The van der Waals surface area contributed by atoms with Gasteiger partial charge >= 0.3 is 0 Å². The van der Waals surface area contributed by atoms with E-state index in [4.69, 9.17) is 0 Å². The molecule has 3 aromatic carbocycles. The molecule has 0 radical (unpaired) electrons. The first-order valence-corrected chi connectivity index (χ1v) is 7.98. The van der Waals surface area contributed by atoms with Gasteiger partial charge in [0, 0.05) is 16.8 Å². The lowest BCUT2D eigenvalue weighted by atomic mass is 9.86. The van der Waals surface area contributed by atoms with Crippen LogP contribution in [0.1, 0.15) is 26.3 Å². The van der Waals surface area contributed by atoms with Crippen molar-refractivity contribution >= 4 is 21.8 Å². The Hall–Kier alpha value is -2.72. The molecular weight excluding hydrogens is 278 g/mol. The Morgan fingerprint density at radius 2 is 1.26 bits per heavy atom. The van der Waals surface area contributed by atoms with Crippen LogP contribution in [-0.4, -0.2) is 4.57 Å². The van der Waals surface area contributed by atoms with Crippen LogP contribution in [0.4, 0.5) is 0 Å². The van der Waals surface area contributed by atoms with Crippen LogP contribution in [-0.2, 0) is 5.41 Å². The number of nitrogens with zero attached hydrogens (tertiary/aromatic N) is 1. The minimum Gasteiger partial charge on any atom is -0.308 e. The molecule has 0 unspecified atom stereocenters. The highest BCUT2D eigenvalue weighted by Crippen LogP contribution is 2.35. The Kier molecular flexibility index (Phi) is 2.96. The summed E-state index contributed by atoms with van der Waals surface area (Å²) in [6.45, 7) is 6.73. The molecule has 0 spiro atoms. The molecule has 0 amide bonds. The van der Waals surface area contributed by atoms with Gasteiger partial charge in [-0.25, -0.2) is 0 Å². The van der Waals surface area contributed by atoms with Gasteiger partial charge in [-0.05, 0) is 29.2 Å². The predicted octanol–water partition coefficient (Wildman–Crippen LogP) is 5.68. The third-order valence-electron chi connectivity index (χ3n) is 4.41. The first-order chi connectivity index (χ1) is 11.1. The first kappa shape index (κ1) is 13.9. The number of para-hydroxylation sites is 2. The molecule has 1 heteroatoms. The summed E-state index contributed by atoms with van der Waals surface area (Å²) in [5.41, 5.74) is 4.99. The van der Waals surface area contributed by atoms with Gasteiger partial charge in [0.25, 0.3) is 0 Å². The Morgan fingerprint density at radius 3 is 1.83 bits per heavy atom. The lowest BCUT2D eigenvalue weighted by molar-refractivity contribution is 0.587. The summed E-state index contributed by atoms with van der Waals surface area (Å²) in [5.74, 6) is 0. The lowest BCUT2D eigenvalue weighted by Gasteiger charge is -2.23. The fraction of sp³-hybridized carbons (Fsp3) is 0.182. The number of benzene rings is 2. The Labute approximate surface area is 137 Å². The largest absolute Gasteiger partial charge is 0.308 e. The van der Waals surface area contributed by atoms with Crippen molar-refractivity contribution in [1.82, 2.24) is 4.57 Å². The number of fused-ring (bicyclic) bond motifs is 3. The highest BCUT2D eigenvalue weighted by Gasteiger charge is 2.21. The van der Waals surface area contributed by atoms with Gasteiger partial charge in [-0.3, -0.25) is 0 Å². The van der Waals surface area contributed by atoms with Crippen molar-refractivity contribution in [3.8, 4) is 5.69 Å². The van der Waals surface area contributed by atoms with Gasteiger partial charge in [-0.15, -0.1) is 0 Å². The molecule has 0 saturated heterocycles. The second kappa shape index (κ2) is 4.89. The molecule has 4 rings (SSSR count). The van der Waals surface area contributed by atoms with Gasteiger partial charge in [0.2, 0.25) is 0 Å². The van der Waals surface area contributed by atoms with E-state index < -0.39 is 0 Å². The topological polar surface area (TPSA) is 4.93 Å². The highest BCUT2D eigenvalue weighted by atomic mass is 15.0. The van der Waals surface area contributed by atoms with Crippen LogP contribution in [0.2, 0.25) is 0 Å². The second-order valence-electron chi connectivity index (χ2n) is 7.00. The standard InChI is InChI=1S/C22H19N/c1-22(2,3)18-12-6-9-15-21(18)23-19-13-7-4-10-16(19)17-11-5-8-14-20(17)23/h4-5,7-8,10-15H,1-3H3. The molecule has 23 heavy (non-hydrogen) atoms. The van der Waals surface area contributed by atoms with Crippen molar-refractivity contribution in [2.45, 2.75) is 26.2 Å². The predicted molar refractivity (Wildman–Crippen MR) is 97.2 cm³/mol. The van der Waals surface area contributed by atoms with Gasteiger partial charge in [0.1, 0.15) is 0 Å². The maximum absolute atomic E-state index is 3.15. The van der Waals surface area contributed by atoms with Crippen LogP contribution in [0.3, 0.4) is 0 Å². The number of rotatable bonds is 1. The van der Waals surface area contributed by atoms with Crippen LogP contribution >= 0.6 is 0 Å². The molecule has 0 bridgehead atoms. The maximum atomic E-state index is 3.15. The minimum atomic E-state index is 0.0490. The van der Waals surface area contributed by atoms with Crippen molar-refractivity contribution < 1.29 is 0 Å². The van der Waals surface area contributed by atoms with E-state index in [9.17, 15) is 0 Å². The van der Waals surface area contributed by atoms with E-state index in [0.29, 0.717) is 0 Å². The van der Waals surface area contributed by atoms with E-state index in [-0.39, 0.29) is 5.41 Å². The molecule has 1 heterocycles. The third kappa shape index (κ3) is 2.11. The van der Waals surface area contributed by atoms with Crippen molar-refractivity contribution in [2.24, 2.45) is 0 Å². The van der Waals surface area contributed by atoms with E-state index in [1.165, 1.54) is 33.1 Å². The monoisotopic (exact) mass is 297 g/mol. The smallest absolute Gasteiger partial charge is 0.0589 e. The Morgan fingerprint density at radius 1 is 0.739 bits per heavy atom. The van der Waals surface area contributed by atoms with Crippen LogP contribution < -0.4 is 0 Å². The van der Waals surface area contributed by atoms with Gasteiger partial charge < -0.3 is 4.57 Å². The van der Waals surface area contributed by atoms with E-state index in [1.54, 1.807) is 0 Å². The molecular formula is C22H19N. The van der Waals surface area contributed by atoms with Gasteiger partial charge in [-0.2, -0.15) is 0 Å². The highest BCUT2D eigenvalue weighted by molar-refractivity contribution is 6.09. The van der Waals surface area contributed by atoms with Gasteiger partial charge in [0.15, 0.2) is 0 Å². The Balaban J connectivity index is 2.18. The zero-order valence-corrected chi connectivity index (χ0v) is 13.7. The molecule has 0 atom stereocenters. The number of aromatic nitrogens is 1. The van der Waals surface area contributed by atoms with E-state index >= 15 is 0 Å². The molecule has 0 aliphatic carbocycles. The fourth-order valence-corrected chi connectivity index (χ4v) is 3.34. The lowest BCUT2D eigenvalue weighted by Crippen LogP contribution is -2.14. The SMILES string of the molecule is CC(C)(C)c1cc#ccc1-n1c2ccccc2c2ccccc21. The van der Waals surface area contributed by atoms with Crippen molar-refractivity contribution in [3.63, 3.8) is 0 Å². The summed E-state index contributed by atoms with van der Waals surface area (Å²) in [4.78, 5) is 0. The summed E-state index contributed by atoms with van der Waals surface area (Å²) in [6.07, 6.45) is 0. The molecule has 4 aromatic rings. The van der Waals surface area contributed by atoms with Gasteiger partial charge in [0.05, 0.1) is 16.7 Å². The molecule has 112 valence electrons. The summed E-state index contributed by atoms with van der Waals surface area (Å²) in [5, 5.41) is 2.58. The normalized spacial score (nSPS) is 11.8. The van der Waals surface area contributed by atoms with Crippen LogP contribution in [0, 0.1) is 12.1 Å². The molecule has 1 aromatic heterocycles. The maximum Gasteiger partial charge on any atom is 0.0589 e. The summed E-state index contributed by atoms with van der Waals surface area (Å²) < 4.78 is 2.36. The van der Waals surface area contributed by atoms with E-state index in [1.807, 2.05) is 0 Å². The molecule has 1 nitrogen and oxygen atoms in total. The van der Waals surface area contributed by atoms with Gasteiger partial charge in [-0.1, -0.05) is 69.3 Å². The van der Waals surface area contributed by atoms with E-state index in [0.717, 1.165) is 0 Å². The van der Waals surface area contributed by atoms with Crippen LogP contribution in [0.25, 0.3) is 27.5 Å². The quantitative estimate of drug-likeness (QED) is 0.426. The second-order valence-corrected chi connectivity index (χ2v) is 7.00. The summed E-state index contributed by atoms with van der Waals surface area (Å²) >= 11 is 0. The van der Waals surface area contributed by atoms with Crippen LogP contribution in [0.15, 0.2) is 60.7 Å². The molecule has 0 fully saturated rings. The zero-order chi connectivity index (χ0) is 16.0. The molecule has 0 aliphatic rings. The van der Waals surface area contributed by atoms with E-state index in [2.05, 4.69) is 98.1 Å². The third-order valence-corrected chi connectivity index (χ3v) is 4.41. The summed E-state index contributed by atoms with van der Waals surface area (Å²) in [7, 11) is 0. The zero-order valence-electron chi connectivity index (χ0n) is 13.7. The average molecular weight is 297 g/mol. The first-order valence-electron chi connectivity index (χ1n) is 7.98. The number of hydrogen-bond donors (Lipinski definition) is 0. The molecule has 0 saturated carbocycles. The van der Waals surface area contributed by atoms with Crippen molar-refractivity contribution in [1.29, 1.82) is 0 Å². The molecule has 0 aliphatic heterocycles. The minimum absolute atomic E-state index is 0.0490. The summed E-state index contributed by atoms with van der Waals surface area (Å²) in [6, 6.07) is 27.6. The molecule has 0 N–H and O–H groups in total. The van der Waals surface area contributed by atoms with Crippen molar-refractivity contribution in [2.75, 3.05) is 0 Å². The Bertz CT molecular complexity index is 946. The average Bonchev–Trinajstić information content (AvgIpc) is 2.88. The van der Waals surface area contributed by atoms with Crippen LogP contribution in [0.5, 0.6) is 0 Å². The fourth-order valence-electron chi connectivity index (χ4n) is 3.34.